The Bertz CT molecular complexity index is 321. The molecule has 0 heterocycles. The van der Waals surface area contributed by atoms with Crippen LogP contribution in [0.4, 0.5) is 0 Å². The molecule has 1 fully saturated rings. The lowest BCUT2D eigenvalue weighted by Gasteiger charge is -2.34. The molecule has 0 aliphatic heterocycles. The molecule has 0 saturated heterocycles. The Morgan fingerprint density at radius 2 is 2.10 bits per heavy atom. The van der Waals surface area contributed by atoms with Crippen LogP contribution in [0.1, 0.15) is 66.2 Å². The van der Waals surface area contributed by atoms with Gasteiger partial charge in [0.25, 0.3) is 0 Å². The highest BCUT2D eigenvalue weighted by Gasteiger charge is 2.43. The summed E-state index contributed by atoms with van der Waals surface area (Å²) in [5.74, 6) is 0.506. The van der Waals surface area contributed by atoms with E-state index in [2.05, 4.69) is 51.0 Å². The third-order valence-corrected chi connectivity index (χ3v) is 4.86. The average Bonchev–Trinajstić information content (AvgIpc) is 2.78. The zero-order valence-corrected chi connectivity index (χ0v) is 14.1. The first kappa shape index (κ1) is 17.5. The second kappa shape index (κ2) is 8.00. The summed E-state index contributed by atoms with van der Waals surface area (Å²) in [6.45, 7) is 9.94. The summed E-state index contributed by atoms with van der Waals surface area (Å²) < 4.78 is 0. The van der Waals surface area contributed by atoms with E-state index in [0.717, 1.165) is 19.4 Å². The fraction of sp³-hybridized carbons (Fsp3) is 0.941. The molecule has 0 aromatic heterocycles. The van der Waals surface area contributed by atoms with Gasteiger partial charge in [0.2, 0.25) is 0 Å². The number of rotatable bonds is 8. The molecule has 3 unspecified atom stereocenters. The summed E-state index contributed by atoms with van der Waals surface area (Å²) in [5.41, 5.74) is -0.275. The molecule has 20 heavy (non-hydrogen) atoms. The van der Waals surface area contributed by atoms with Crippen molar-refractivity contribution in [3.63, 3.8) is 0 Å². The summed E-state index contributed by atoms with van der Waals surface area (Å²) in [6.07, 6.45) is 7.04. The summed E-state index contributed by atoms with van der Waals surface area (Å²) in [4.78, 5) is 2.46. The Morgan fingerprint density at radius 3 is 2.65 bits per heavy atom. The lowest BCUT2D eigenvalue weighted by molar-refractivity contribution is 0.202. The zero-order chi connectivity index (χ0) is 15.2. The third kappa shape index (κ3) is 4.46. The molecule has 1 aliphatic carbocycles. The molecule has 0 bridgehead atoms. The van der Waals surface area contributed by atoms with Gasteiger partial charge >= 0.3 is 0 Å². The maximum absolute atomic E-state index is 9.67. The Kier molecular flexibility index (Phi) is 6.99. The quantitative estimate of drug-likeness (QED) is 0.738. The van der Waals surface area contributed by atoms with E-state index in [0.29, 0.717) is 18.0 Å². The van der Waals surface area contributed by atoms with Crippen molar-refractivity contribution in [2.45, 2.75) is 83.8 Å². The lowest BCUT2D eigenvalue weighted by Crippen LogP contribution is -2.50. The van der Waals surface area contributed by atoms with E-state index in [-0.39, 0.29) is 5.54 Å². The SMILES string of the molecule is CCCC(C)N(C)CCC1CCCC1(C#N)NC(C)C. The fourth-order valence-corrected chi connectivity index (χ4v) is 3.57. The molecule has 3 heteroatoms. The van der Waals surface area contributed by atoms with Gasteiger partial charge in [-0.05, 0) is 66.0 Å². The fourth-order valence-electron chi connectivity index (χ4n) is 3.57. The Balaban J connectivity index is 2.55. The van der Waals surface area contributed by atoms with Gasteiger partial charge in [-0.3, -0.25) is 5.32 Å². The summed E-state index contributed by atoms with van der Waals surface area (Å²) in [5, 5.41) is 13.2. The molecular weight excluding hydrogens is 246 g/mol. The van der Waals surface area contributed by atoms with Gasteiger partial charge in [0.1, 0.15) is 5.54 Å². The predicted octanol–water partition coefficient (Wildman–Crippen LogP) is 3.56. The molecule has 1 saturated carbocycles. The topological polar surface area (TPSA) is 39.1 Å². The molecule has 0 amide bonds. The normalized spacial score (nSPS) is 28.0. The van der Waals surface area contributed by atoms with Gasteiger partial charge in [-0.25, -0.2) is 0 Å². The Hall–Kier alpha value is -0.590. The molecule has 1 aliphatic rings. The van der Waals surface area contributed by atoms with Crippen molar-refractivity contribution < 1.29 is 0 Å². The van der Waals surface area contributed by atoms with Crippen LogP contribution in [0, 0.1) is 17.2 Å². The van der Waals surface area contributed by atoms with Crippen LogP contribution in [-0.4, -0.2) is 36.1 Å². The highest BCUT2D eigenvalue weighted by molar-refractivity contribution is 5.14. The summed E-state index contributed by atoms with van der Waals surface area (Å²) in [7, 11) is 2.22. The van der Waals surface area contributed by atoms with E-state index in [1.807, 2.05) is 0 Å². The van der Waals surface area contributed by atoms with Gasteiger partial charge in [-0.2, -0.15) is 5.26 Å². The van der Waals surface area contributed by atoms with Crippen LogP contribution in [0.15, 0.2) is 0 Å². The van der Waals surface area contributed by atoms with Gasteiger partial charge in [0, 0.05) is 12.1 Å². The Labute approximate surface area is 125 Å². The highest BCUT2D eigenvalue weighted by Crippen LogP contribution is 2.38. The number of nitriles is 1. The summed E-state index contributed by atoms with van der Waals surface area (Å²) >= 11 is 0. The van der Waals surface area contributed by atoms with E-state index in [9.17, 15) is 5.26 Å². The molecule has 1 rings (SSSR count). The van der Waals surface area contributed by atoms with Crippen LogP contribution < -0.4 is 5.32 Å². The van der Waals surface area contributed by atoms with Gasteiger partial charge in [0.05, 0.1) is 6.07 Å². The second-order valence-corrected chi connectivity index (χ2v) is 6.88. The molecule has 0 aromatic rings. The van der Waals surface area contributed by atoms with E-state index in [4.69, 9.17) is 0 Å². The zero-order valence-electron chi connectivity index (χ0n) is 14.1. The van der Waals surface area contributed by atoms with E-state index in [1.54, 1.807) is 0 Å². The summed E-state index contributed by atoms with van der Waals surface area (Å²) in [6, 6.07) is 3.64. The van der Waals surface area contributed by atoms with Gasteiger partial charge < -0.3 is 4.90 Å². The second-order valence-electron chi connectivity index (χ2n) is 6.88. The predicted molar refractivity (Wildman–Crippen MR) is 85.6 cm³/mol. The van der Waals surface area contributed by atoms with Gasteiger partial charge in [-0.15, -0.1) is 0 Å². The van der Waals surface area contributed by atoms with Crippen LogP contribution in [0.3, 0.4) is 0 Å². The molecule has 116 valence electrons. The van der Waals surface area contributed by atoms with Crippen LogP contribution >= 0.6 is 0 Å². The largest absolute Gasteiger partial charge is 0.304 e. The van der Waals surface area contributed by atoms with Gasteiger partial charge in [-0.1, -0.05) is 19.8 Å². The average molecular weight is 279 g/mol. The number of nitrogens with zero attached hydrogens (tertiary/aromatic N) is 2. The minimum atomic E-state index is -0.275. The minimum absolute atomic E-state index is 0.275. The maximum Gasteiger partial charge on any atom is 0.109 e. The van der Waals surface area contributed by atoms with Crippen LogP contribution in [0.5, 0.6) is 0 Å². The van der Waals surface area contributed by atoms with Crippen molar-refractivity contribution in [1.82, 2.24) is 10.2 Å². The van der Waals surface area contributed by atoms with Crippen molar-refractivity contribution in [2.75, 3.05) is 13.6 Å². The standard InChI is InChI=1S/C17H33N3/c1-6-8-15(4)20(5)12-10-16-9-7-11-17(16,13-18)19-14(2)3/h14-16,19H,6-12H2,1-5H3. The van der Waals surface area contributed by atoms with Crippen molar-refractivity contribution in [3.8, 4) is 6.07 Å². The van der Waals surface area contributed by atoms with E-state index in [1.165, 1.54) is 25.7 Å². The highest BCUT2D eigenvalue weighted by atomic mass is 15.1. The molecular formula is C17H33N3. The third-order valence-electron chi connectivity index (χ3n) is 4.86. The number of hydrogen-bond acceptors (Lipinski definition) is 3. The van der Waals surface area contributed by atoms with Gasteiger partial charge in [0.15, 0.2) is 0 Å². The first-order chi connectivity index (χ1) is 9.45. The van der Waals surface area contributed by atoms with Crippen LogP contribution in [-0.2, 0) is 0 Å². The smallest absolute Gasteiger partial charge is 0.109 e. The maximum atomic E-state index is 9.67. The van der Waals surface area contributed by atoms with E-state index < -0.39 is 0 Å². The number of nitrogens with one attached hydrogen (secondary N) is 1. The molecule has 0 radical (unpaired) electrons. The van der Waals surface area contributed by atoms with E-state index >= 15 is 0 Å². The van der Waals surface area contributed by atoms with Crippen molar-refractivity contribution in [1.29, 1.82) is 5.26 Å². The molecule has 0 aromatic carbocycles. The molecule has 3 nitrogen and oxygen atoms in total. The lowest BCUT2D eigenvalue weighted by atomic mass is 9.85. The first-order valence-corrected chi connectivity index (χ1v) is 8.34. The Morgan fingerprint density at radius 1 is 1.40 bits per heavy atom. The van der Waals surface area contributed by atoms with Crippen LogP contribution in [0.2, 0.25) is 0 Å². The monoisotopic (exact) mass is 279 g/mol. The van der Waals surface area contributed by atoms with Crippen LogP contribution in [0.25, 0.3) is 0 Å². The van der Waals surface area contributed by atoms with Crippen molar-refractivity contribution in [3.05, 3.63) is 0 Å². The molecule has 3 atom stereocenters. The molecule has 0 spiro atoms. The van der Waals surface area contributed by atoms with Crippen molar-refractivity contribution >= 4 is 0 Å². The minimum Gasteiger partial charge on any atom is -0.304 e. The van der Waals surface area contributed by atoms with Crippen molar-refractivity contribution in [2.24, 2.45) is 5.92 Å². The molecule has 1 N–H and O–H groups in total. The number of hydrogen-bond donors (Lipinski definition) is 1. The first-order valence-electron chi connectivity index (χ1n) is 8.34.